The zero-order chi connectivity index (χ0) is 21.7. The number of rotatable bonds is 7. The van der Waals surface area contributed by atoms with E-state index in [1.807, 2.05) is 37.3 Å². The molecule has 0 aliphatic heterocycles. The highest BCUT2D eigenvalue weighted by Crippen LogP contribution is 2.14. The van der Waals surface area contributed by atoms with Gasteiger partial charge in [-0.25, -0.2) is 4.79 Å². The van der Waals surface area contributed by atoms with Gasteiger partial charge in [-0.05, 0) is 38.0 Å². The van der Waals surface area contributed by atoms with Gasteiger partial charge < -0.3 is 14.5 Å². The summed E-state index contributed by atoms with van der Waals surface area (Å²) in [7, 11) is 0. The lowest BCUT2D eigenvalue weighted by molar-refractivity contribution is -0.128. The number of hydrogen-bond acceptors (Lipinski definition) is 6. The van der Waals surface area contributed by atoms with Gasteiger partial charge in [0.15, 0.2) is 17.8 Å². The topological polar surface area (TPSA) is 103 Å². The molecule has 1 N–H and O–H groups in total. The number of benzene rings is 2. The number of hydrogen-bond donors (Lipinski definition) is 1. The summed E-state index contributed by atoms with van der Waals surface area (Å²) >= 11 is 0. The number of ketones is 1. The summed E-state index contributed by atoms with van der Waals surface area (Å²) in [6, 6.07) is 14.6. The van der Waals surface area contributed by atoms with E-state index in [-0.39, 0.29) is 22.6 Å². The fourth-order valence-electron chi connectivity index (χ4n) is 2.96. The minimum absolute atomic E-state index is 0.214. The average molecular weight is 407 g/mol. The molecule has 154 valence electrons. The first-order valence-corrected chi connectivity index (χ1v) is 9.39. The van der Waals surface area contributed by atoms with Crippen LogP contribution in [0.3, 0.4) is 0 Å². The van der Waals surface area contributed by atoms with E-state index < -0.39 is 24.5 Å². The molecule has 0 unspecified atom stereocenters. The summed E-state index contributed by atoms with van der Waals surface area (Å²) in [4.78, 5) is 48.4. The van der Waals surface area contributed by atoms with Gasteiger partial charge in [-0.2, -0.15) is 0 Å². The van der Waals surface area contributed by atoms with Gasteiger partial charge in [-0.3, -0.25) is 14.4 Å². The van der Waals surface area contributed by atoms with Crippen molar-refractivity contribution in [1.29, 1.82) is 0 Å². The van der Waals surface area contributed by atoms with Crippen LogP contribution in [0.15, 0.2) is 63.8 Å². The molecule has 30 heavy (non-hydrogen) atoms. The summed E-state index contributed by atoms with van der Waals surface area (Å²) in [5.41, 5.74) is 1.65. The molecule has 0 spiro atoms. The van der Waals surface area contributed by atoms with E-state index in [2.05, 4.69) is 5.32 Å². The van der Waals surface area contributed by atoms with Crippen LogP contribution in [0.25, 0.3) is 11.0 Å². The molecule has 0 radical (unpaired) electrons. The van der Waals surface area contributed by atoms with E-state index in [4.69, 9.17) is 9.15 Å². The van der Waals surface area contributed by atoms with Gasteiger partial charge in [-0.1, -0.05) is 42.0 Å². The van der Waals surface area contributed by atoms with Crippen LogP contribution < -0.4 is 10.7 Å². The van der Waals surface area contributed by atoms with Crippen molar-refractivity contribution in [2.24, 2.45) is 0 Å². The maximum atomic E-state index is 12.2. The smallest absolute Gasteiger partial charge is 0.374 e. The monoisotopic (exact) mass is 407 g/mol. The zero-order valence-corrected chi connectivity index (χ0v) is 16.6. The predicted octanol–water partition coefficient (Wildman–Crippen LogP) is 2.57. The molecule has 0 bridgehead atoms. The lowest BCUT2D eigenvalue weighted by Crippen LogP contribution is -2.43. The fourth-order valence-corrected chi connectivity index (χ4v) is 2.96. The van der Waals surface area contributed by atoms with Crippen LogP contribution >= 0.6 is 0 Å². The van der Waals surface area contributed by atoms with E-state index in [1.165, 1.54) is 6.92 Å². The van der Waals surface area contributed by atoms with Crippen LogP contribution in [-0.4, -0.2) is 30.3 Å². The van der Waals surface area contributed by atoms with Gasteiger partial charge in [0.25, 0.3) is 5.91 Å². The Morgan fingerprint density at radius 3 is 2.50 bits per heavy atom. The summed E-state index contributed by atoms with van der Waals surface area (Å²) in [5.74, 6) is -2.07. The van der Waals surface area contributed by atoms with E-state index in [0.717, 1.165) is 17.2 Å². The van der Waals surface area contributed by atoms with E-state index in [0.29, 0.717) is 11.8 Å². The first-order valence-electron chi connectivity index (χ1n) is 9.39. The molecule has 2 aromatic carbocycles. The Hall–Kier alpha value is -3.74. The van der Waals surface area contributed by atoms with Crippen LogP contribution in [0.1, 0.15) is 28.6 Å². The van der Waals surface area contributed by atoms with Gasteiger partial charge in [-0.15, -0.1) is 0 Å². The Balaban J connectivity index is 1.63. The minimum atomic E-state index is -0.938. The fraction of sp³-hybridized carbons (Fsp3) is 0.217. The third-order valence-corrected chi connectivity index (χ3v) is 4.53. The molecule has 1 heterocycles. The SMILES string of the molecule is CC(=O)[C@H](Cc1ccccc1)NC(=O)COC(=O)c1cc(=O)c2cc(C)ccc2o1. The Kier molecular flexibility index (Phi) is 6.41. The van der Waals surface area contributed by atoms with Gasteiger partial charge in [0, 0.05) is 6.07 Å². The standard InChI is InChI=1S/C23H21NO6/c1-14-8-9-20-17(10-14)19(26)12-21(30-20)23(28)29-13-22(27)24-18(15(2)25)11-16-6-4-3-5-7-16/h3-10,12,18H,11,13H2,1-2H3,(H,24,27)/t18-/m0/s1. The van der Waals surface area contributed by atoms with Crippen molar-refractivity contribution in [3.63, 3.8) is 0 Å². The lowest BCUT2D eigenvalue weighted by Gasteiger charge is -2.16. The largest absolute Gasteiger partial charge is 0.450 e. The predicted molar refractivity (Wildman–Crippen MR) is 110 cm³/mol. The molecule has 7 nitrogen and oxygen atoms in total. The van der Waals surface area contributed by atoms with Crippen molar-refractivity contribution < 1.29 is 23.5 Å². The summed E-state index contributed by atoms with van der Waals surface area (Å²) in [6.45, 7) is 2.62. The van der Waals surface area contributed by atoms with Crippen molar-refractivity contribution in [1.82, 2.24) is 5.32 Å². The summed E-state index contributed by atoms with van der Waals surface area (Å²) in [5, 5.41) is 2.92. The van der Waals surface area contributed by atoms with Crippen molar-refractivity contribution in [3.05, 3.63) is 81.7 Å². The highest BCUT2D eigenvalue weighted by Gasteiger charge is 2.20. The molecule has 0 aliphatic rings. The third-order valence-electron chi connectivity index (χ3n) is 4.53. The van der Waals surface area contributed by atoms with E-state index >= 15 is 0 Å². The quantitative estimate of drug-likeness (QED) is 0.604. The van der Waals surface area contributed by atoms with E-state index in [9.17, 15) is 19.2 Å². The zero-order valence-electron chi connectivity index (χ0n) is 16.6. The number of ether oxygens (including phenoxy) is 1. The van der Waals surface area contributed by atoms with Crippen molar-refractivity contribution in [2.75, 3.05) is 6.61 Å². The Morgan fingerprint density at radius 2 is 1.80 bits per heavy atom. The molecule has 3 rings (SSSR count). The maximum Gasteiger partial charge on any atom is 0.374 e. The van der Waals surface area contributed by atoms with Crippen LogP contribution in [0, 0.1) is 6.92 Å². The lowest BCUT2D eigenvalue weighted by atomic mass is 10.0. The Bertz CT molecular complexity index is 1150. The van der Waals surface area contributed by atoms with Crippen LogP contribution in [0.4, 0.5) is 0 Å². The summed E-state index contributed by atoms with van der Waals surface area (Å²) in [6.07, 6.45) is 0.328. The molecular formula is C23H21NO6. The first-order chi connectivity index (χ1) is 14.3. The minimum Gasteiger partial charge on any atom is -0.450 e. The number of amides is 1. The number of fused-ring (bicyclic) bond motifs is 1. The van der Waals surface area contributed by atoms with Crippen molar-refractivity contribution >= 4 is 28.6 Å². The number of esters is 1. The Morgan fingerprint density at radius 1 is 1.07 bits per heavy atom. The number of carbonyl (C=O) groups is 3. The van der Waals surface area contributed by atoms with E-state index in [1.54, 1.807) is 18.2 Å². The Labute approximate surface area is 172 Å². The van der Waals surface area contributed by atoms with Gasteiger partial charge >= 0.3 is 5.97 Å². The van der Waals surface area contributed by atoms with Gasteiger partial charge in [0.2, 0.25) is 5.76 Å². The number of Topliss-reactive ketones (excluding diaryl/α,β-unsaturated/α-hetero) is 1. The molecule has 1 amide bonds. The molecule has 0 fully saturated rings. The summed E-state index contributed by atoms with van der Waals surface area (Å²) < 4.78 is 10.4. The highest BCUT2D eigenvalue weighted by molar-refractivity contribution is 5.92. The number of aryl methyl sites for hydroxylation is 1. The molecule has 7 heteroatoms. The molecular weight excluding hydrogens is 386 g/mol. The van der Waals surface area contributed by atoms with Crippen molar-refractivity contribution in [3.8, 4) is 0 Å². The second kappa shape index (κ2) is 9.17. The third kappa shape index (κ3) is 5.20. The van der Waals surface area contributed by atoms with Crippen LogP contribution in [0.2, 0.25) is 0 Å². The molecule has 1 atom stereocenters. The maximum absolute atomic E-state index is 12.2. The molecule has 0 aliphatic carbocycles. The normalized spacial score (nSPS) is 11.7. The molecule has 3 aromatic rings. The van der Waals surface area contributed by atoms with Gasteiger partial charge in [0.1, 0.15) is 5.58 Å². The number of nitrogens with one attached hydrogen (secondary N) is 1. The average Bonchev–Trinajstić information content (AvgIpc) is 2.72. The first kappa shape index (κ1) is 21.0. The second-order valence-electron chi connectivity index (χ2n) is 6.97. The van der Waals surface area contributed by atoms with Crippen molar-refractivity contribution in [2.45, 2.75) is 26.3 Å². The van der Waals surface area contributed by atoms with Crippen LogP contribution in [0.5, 0.6) is 0 Å². The molecule has 1 aromatic heterocycles. The molecule has 0 saturated heterocycles. The second-order valence-corrected chi connectivity index (χ2v) is 6.97. The number of carbonyl (C=O) groups excluding carboxylic acids is 3. The highest BCUT2D eigenvalue weighted by atomic mass is 16.5. The van der Waals surface area contributed by atoms with Gasteiger partial charge in [0.05, 0.1) is 11.4 Å². The van der Waals surface area contributed by atoms with Crippen LogP contribution in [-0.2, 0) is 20.7 Å². The molecule has 0 saturated carbocycles.